The molecule has 0 aliphatic carbocycles. The average molecular weight is 339 g/mol. The van der Waals surface area contributed by atoms with E-state index in [1.807, 2.05) is 6.07 Å². The van der Waals surface area contributed by atoms with Crippen LogP contribution in [0.25, 0.3) is 0 Å². The van der Waals surface area contributed by atoms with Gasteiger partial charge in [-0.05, 0) is 40.2 Å². The molecule has 2 aromatic carbocycles. The summed E-state index contributed by atoms with van der Waals surface area (Å²) in [6.45, 7) is -0.146. The Morgan fingerprint density at radius 3 is 2.65 bits per heavy atom. The molecule has 20 heavy (non-hydrogen) atoms. The maximum atomic E-state index is 13.6. The smallest absolute Gasteiger partial charge is 0.145 e. The Bertz CT molecular complexity index is 698. The van der Waals surface area contributed by atoms with Gasteiger partial charge < -0.3 is 10.5 Å². The number of nitrogens with zero attached hydrogens (tertiary/aromatic N) is 1. The zero-order valence-electron chi connectivity index (χ0n) is 10.2. The van der Waals surface area contributed by atoms with Crippen LogP contribution < -0.4 is 10.5 Å². The van der Waals surface area contributed by atoms with Gasteiger partial charge in [-0.2, -0.15) is 5.26 Å². The Labute approximate surface area is 122 Å². The fourth-order valence-corrected chi connectivity index (χ4v) is 1.94. The number of anilines is 1. The summed E-state index contributed by atoms with van der Waals surface area (Å²) < 4.78 is 32.5. The fourth-order valence-electron chi connectivity index (χ4n) is 1.58. The maximum absolute atomic E-state index is 13.6. The highest BCUT2D eigenvalue weighted by Gasteiger charge is 2.09. The van der Waals surface area contributed by atoms with Crippen LogP contribution in [0.15, 0.2) is 34.8 Å². The number of nitriles is 1. The molecule has 0 atom stereocenters. The summed E-state index contributed by atoms with van der Waals surface area (Å²) in [5.41, 5.74) is 6.43. The molecule has 2 N–H and O–H groups in total. The van der Waals surface area contributed by atoms with E-state index >= 15 is 0 Å². The number of nitrogens with two attached hydrogens (primary N) is 1. The van der Waals surface area contributed by atoms with Gasteiger partial charge in [0.15, 0.2) is 0 Å². The van der Waals surface area contributed by atoms with Crippen molar-refractivity contribution >= 4 is 21.6 Å². The van der Waals surface area contributed by atoms with E-state index in [2.05, 4.69) is 15.9 Å². The minimum atomic E-state index is -0.527. The van der Waals surface area contributed by atoms with E-state index in [9.17, 15) is 8.78 Å². The lowest BCUT2D eigenvalue weighted by Crippen LogP contribution is -2.02. The van der Waals surface area contributed by atoms with Gasteiger partial charge in [0.1, 0.15) is 24.0 Å². The molecule has 2 rings (SSSR count). The van der Waals surface area contributed by atoms with Crippen LogP contribution in [0.1, 0.15) is 11.1 Å². The monoisotopic (exact) mass is 338 g/mol. The molecule has 0 unspecified atom stereocenters. The highest BCUT2D eigenvalue weighted by molar-refractivity contribution is 9.10. The first-order valence-electron chi connectivity index (χ1n) is 5.57. The number of benzene rings is 2. The zero-order valence-corrected chi connectivity index (χ0v) is 11.7. The van der Waals surface area contributed by atoms with Crippen LogP contribution in [0.4, 0.5) is 14.5 Å². The lowest BCUT2D eigenvalue weighted by molar-refractivity contribution is 0.300. The van der Waals surface area contributed by atoms with Crippen LogP contribution in [0, 0.1) is 23.0 Å². The highest BCUT2D eigenvalue weighted by Crippen LogP contribution is 2.29. The van der Waals surface area contributed by atoms with Crippen molar-refractivity contribution in [1.29, 1.82) is 5.26 Å². The summed E-state index contributed by atoms with van der Waals surface area (Å²) in [4.78, 5) is 0. The van der Waals surface area contributed by atoms with Crippen molar-refractivity contribution in [3.05, 3.63) is 57.6 Å². The van der Waals surface area contributed by atoms with E-state index in [0.717, 1.165) is 6.07 Å². The largest absolute Gasteiger partial charge is 0.487 e. The van der Waals surface area contributed by atoms with Gasteiger partial charge >= 0.3 is 0 Å². The number of ether oxygens (including phenoxy) is 1. The summed E-state index contributed by atoms with van der Waals surface area (Å²) in [6.07, 6.45) is 0. The van der Waals surface area contributed by atoms with Crippen LogP contribution in [0.2, 0.25) is 0 Å². The quantitative estimate of drug-likeness (QED) is 0.867. The predicted molar refractivity (Wildman–Crippen MR) is 74.0 cm³/mol. The van der Waals surface area contributed by atoms with Gasteiger partial charge in [0.25, 0.3) is 0 Å². The zero-order chi connectivity index (χ0) is 14.7. The van der Waals surface area contributed by atoms with Gasteiger partial charge in [0, 0.05) is 11.6 Å². The van der Waals surface area contributed by atoms with Crippen LogP contribution in [-0.4, -0.2) is 0 Å². The van der Waals surface area contributed by atoms with E-state index < -0.39 is 11.6 Å². The number of hydrogen-bond donors (Lipinski definition) is 1. The number of rotatable bonds is 3. The second-order valence-corrected chi connectivity index (χ2v) is 4.87. The van der Waals surface area contributed by atoms with Crippen LogP contribution >= 0.6 is 15.9 Å². The molecule has 0 amide bonds. The molecule has 0 spiro atoms. The molecule has 0 fully saturated rings. The van der Waals surface area contributed by atoms with E-state index in [1.165, 1.54) is 24.3 Å². The molecule has 102 valence electrons. The van der Waals surface area contributed by atoms with Crippen molar-refractivity contribution in [1.82, 2.24) is 0 Å². The van der Waals surface area contributed by atoms with E-state index in [0.29, 0.717) is 5.56 Å². The van der Waals surface area contributed by atoms with E-state index in [1.54, 1.807) is 0 Å². The van der Waals surface area contributed by atoms with Crippen molar-refractivity contribution in [3.63, 3.8) is 0 Å². The predicted octanol–water partition coefficient (Wildman–Crippen LogP) is 3.76. The Balaban J connectivity index is 2.21. The Kier molecular flexibility index (Phi) is 4.20. The number of nitrogen functional groups attached to an aromatic ring is 1. The summed E-state index contributed by atoms with van der Waals surface area (Å²) in [5, 5.41) is 8.76. The van der Waals surface area contributed by atoms with Crippen molar-refractivity contribution in [2.45, 2.75) is 6.61 Å². The second-order valence-electron chi connectivity index (χ2n) is 4.01. The maximum Gasteiger partial charge on any atom is 0.145 e. The van der Waals surface area contributed by atoms with Crippen LogP contribution in [-0.2, 0) is 6.61 Å². The third-order valence-corrected chi connectivity index (χ3v) is 3.22. The van der Waals surface area contributed by atoms with Crippen molar-refractivity contribution in [2.24, 2.45) is 0 Å². The third kappa shape index (κ3) is 3.06. The van der Waals surface area contributed by atoms with E-state index in [-0.39, 0.29) is 28.1 Å². The molecule has 0 bridgehead atoms. The minimum Gasteiger partial charge on any atom is -0.487 e. The number of halogens is 3. The van der Waals surface area contributed by atoms with Gasteiger partial charge in [0.2, 0.25) is 0 Å². The molecule has 6 heteroatoms. The molecule has 0 radical (unpaired) electrons. The normalized spacial score (nSPS) is 10.1. The SMILES string of the molecule is N#Cc1ccc(F)c(COc2cc(F)c(Br)cc2N)c1. The van der Waals surface area contributed by atoms with Gasteiger partial charge in [-0.15, -0.1) is 0 Å². The van der Waals surface area contributed by atoms with Crippen molar-refractivity contribution in [2.75, 3.05) is 5.73 Å². The molecule has 2 aromatic rings. The molecule has 3 nitrogen and oxygen atoms in total. The number of hydrogen-bond acceptors (Lipinski definition) is 3. The molecule has 0 aromatic heterocycles. The van der Waals surface area contributed by atoms with Crippen molar-refractivity contribution in [3.8, 4) is 11.8 Å². The fraction of sp³-hybridized carbons (Fsp3) is 0.0714. The van der Waals surface area contributed by atoms with Gasteiger partial charge in [-0.25, -0.2) is 8.78 Å². The van der Waals surface area contributed by atoms with Crippen molar-refractivity contribution < 1.29 is 13.5 Å². The topological polar surface area (TPSA) is 59.0 Å². The minimum absolute atomic E-state index is 0.118. The molecule has 0 aliphatic rings. The van der Waals surface area contributed by atoms with Gasteiger partial charge in [0.05, 0.1) is 21.8 Å². The molecular formula is C14H9BrF2N2O. The Morgan fingerprint density at radius 1 is 1.20 bits per heavy atom. The molecule has 0 heterocycles. The molecular weight excluding hydrogens is 330 g/mol. The summed E-state index contributed by atoms with van der Waals surface area (Å²) in [7, 11) is 0. The second kappa shape index (κ2) is 5.88. The lowest BCUT2D eigenvalue weighted by Gasteiger charge is -2.10. The van der Waals surface area contributed by atoms with E-state index in [4.69, 9.17) is 15.7 Å². The summed E-state index contributed by atoms with van der Waals surface area (Å²) >= 11 is 3.00. The Morgan fingerprint density at radius 2 is 1.95 bits per heavy atom. The molecule has 0 aliphatic heterocycles. The van der Waals surface area contributed by atoms with Crippen LogP contribution in [0.3, 0.4) is 0 Å². The van der Waals surface area contributed by atoms with Crippen LogP contribution in [0.5, 0.6) is 5.75 Å². The van der Waals surface area contributed by atoms with Gasteiger partial charge in [-0.3, -0.25) is 0 Å². The molecule has 0 saturated heterocycles. The standard InChI is InChI=1S/C14H9BrF2N2O/c15-10-4-13(19)14(5-12(10)17)20-7-9-3-8(6-18)1-2-11(9)16/h1-5H,7,19H2. The Hall–Kier alpha value is -2.13. The summed E-state index contributed by atoms with van der Waals surface area (Å²) in [5.74, 6) is -0.909. The average Bonchev–Trinajstić information content (AvgIpc) is 2.43. The third-order valence-electron chi connectivity index (χ3n) is 2.61. The first-order valence-corrected chi connectivity index (χ1v) is 6.36. The first kappa shape index (κ1) is 14.3. The summed E-state index contributed by atoms with van der Waals surface area (Å²) in [6, 6.07) is 8.32. The molecule has 0 saturated carbocycles. The first-order chi connectivity index (χ1) is 9.51. The van der Waals surface area contributed by atoms with Gasteiger partial charge in [-0.1, -0.05) is 0 Å². The lowest BCUT2D eigenvalue weighted by atomic mass is 10.1. The highest BCUT2D eigenvalue weighted by atomic mass is 79.9.